The van der Waals surface area contributed by atoms with Crippen LogP contribution in [0.1, 0.15) is 10.5 Å². The monoisotopic (exact) mass is 284 g/mol. The van der Waals surface area contributed by atoms with Crippen LogP contribution in [0, 0.1) is 5.82 Å². The lowest BCUT2D eigenvalue weighted by atomic mass is 10.1. The van der Waals surface area contributed by atoms with Crippen LogP contribution in [0.4, 0.5) is 4.39 Å². The number of carbonyl (C=O) groups is 1. The number of carbonyl (C=O) groups excluding carboxylic acids is 1. The Kier molecular flexibility index (Phi) is 2.84. The second-order valence-corrected chi connectivity index (χ2v) is 3.91. The number of pyridine rings is 1. The molecule has 16 heavy (non-hydrogen) atoms. The summed E-state index contributed by atoms with van der Waals surface area (Å²) in [5.41, 5.74) is 1.45. The van der Waals surface area contributed by atoms with Gasteiger partial charge in [-0.3, -0.25) is 10.0 Å². The lowest BCUT2D eigenvalue weighted by Crippen LogP contribution is -2.20. The molecule has 0 saturated heterocycles. The maximum atomic E-state index is 13.5. The van der Waals surface area contributed by atoms with Crippen LogP contribution in [0.25, 0.3) is 10.8 Å². The third-order valence-corrected chi connectivity index (χ3v) is 2.73. The van der Waals surface area contributed by atoms with Crippen molar-refractivity contribution in [3.05, 3.63) is 40.4 Å². The molecule has 0 atom stereocenters. The Morgan fingerprint density at radius 3 is 2.94 bits per heavy atom. The van der Waals surface area contributed by atoms with Crippen molar-refractivity contribution in [1.82, 2.24) is 10.5 Å². The van der Waals surface area contributed by atoms with Crippen LogP contribution in [-0.2, 0) is 0 Å². The van der Waals surface area contributed by atoms with Gasteiger partial charge in [0.25, 0.3) is 5.91 Å². The van der Waals surface area contributed by atoms with Gasteiger partial charge in [0.2, 0.25) is 0 Å². The zero-order valence-corrected chi connectivity index (χ0v) is 9.45. The number of halogens is 2. The first-order chi connectivity index (χ1) is 7.65. The minimum Gasteiger partial charge on any atom is -0.288 e. The number of aromatic nitrogens is 1. The predicted octanol–water partition coefficient (Wildman–Crippen LogP) is 2.26. The molecule has 0 aliphatic carbocycles. The molecule has 0 saturated carbocycles. The molecule has 1 heterocycles. The van der Waals surface area contributed by atoms with E-state index in [0.717, 1.165) is 0 Å². The van der Waals surface area contributed by atoms with Crippen molar-refractivity contribution in [2.24, 2.45) is 0 Å². The molecule has 0 aliphatic rings. The molecule has 0 unspecified atom stereocenters. The van der Waals surface area contributed by atoms with Crippen molar-refractivity contribution in [3.8, 4) is 0 Å². The van der Waals surface area contributed by atoms with Gasteiger partial charge in [-0.1, -0.05) is 12.1 Å². The molecular formula is C10H6BrFN2O2. The van der Waals surface area contributed by atoms with Gasteiger partial charge in [0, 0.05) is 21.4 Å². The molecule has 4 nitrogen and oxygen atoms in total. The van der Waals surface area contributed by atoms with Gasteiger partial charge < -0.3 is 0 Å². The Hall–Kier alpha value is -1.53. The highest BCUT2D eigenvalue weighted by molar-refractivity contribution is 9.10. The summed E-state index contributed by atoms with van der Waals surface area (Å²) in [6, 6.07) is 4.31. The Labute approximate surface area is 98.2 Å². The van der Waals surface area contributed by atoms with Crippen molar-refractivity contribution in [3.63, 3.8) is 0 Å². The summed E-state index contributed by atoms with van der Waals surface area (Å²) in [6.07, 6.45) is 1.32. The molecule has 0 radical (unpaired) electrons. The molecule has 82 valence electrons. The summed E-state index contributed by atoms with van der Waals surface area (Å²) < 4.78 is 14.0. The van der Waals surface area contributed by atoms with Crippen LogP contribution in [0.3, 0.4) is 0 Å². The molecule has 6 heteroatoms. The molecule has 0 spiro atoms. The van der Waals surface area contributed by atoms with Crippen LogP contribution in [0.5, 0.6) is 0 Å². The number of nitrogens with one attached hydrogen (secondary N) is 1. The van der Waals surface area contributed by atoms with Crippen molar-refractivity contribution in [1.29, 1.82) is 0 Å². The van der Waals surface area contributed by atoms with Crippen molar-refractivity contribution < 1.29 is 14.4 Å². The number of fused-ring (bicyclic) bond motifs is 1. The first-order valence-electron chi connectivity index (χ1n) is 4.32. The van der Waals surface area contributed by atoms with E-state index in [0.29, 0.717) is 9.86 Å². The number of amides is 1. The molecule has 1 aromatic heterocycles. The Balaban J connectivity index is 2.84. The van der Waals surface area contributed by atoms with Crippen LogP contribution in [0.15, 0.2) is 28.9 Å². The van der Waals surface area contributed by atoms with E-state index in [9.17, 15) is 9.18 Å². The zero-order valence-electron chi connectivity index (χ0n) is 7.87. The highest BCUT2D eigenvalue weighted by Gasteiger charge is 2.14. The van der Waals surface area contributed by atoms with Crippen LogP contribution < -0.4 is 5.48 Å². The Bertz CT molecular complexity index is 566. The summed E-state index contributed by atoms with van der Waals surface area (Å²) in [4.78, 5) is 15.1. The van der Waals surface area contributed by atoms with E-state index in [-0.39, 0.29) is 11.1 Å². The maximum absolute atomic E-state index is 13.5. The lowest BCUT2D eigenvalue weighted by Gasteiger charge is -2.06. The first-order valence-corrected chi connectivity index (χ1v) is 5.11. The van der Waals surface area contributed by atoms with E-state index in [1.165, 1.54) is 23.8 Å². The molecule has 2 aromatic rings. The van der Waals surface area contributed by atoms with Gasteiger partial charge >= 0.3 is 0 Å². The van der Waals surface area contributed by atoms with E-state index in [1.807, 2.05) is 0 Å². The molecule has 0 fully saturated rings. The zero-order chi connectivity index (χ0) is 11.7. The fraction of sp³-hybridized carbons (Fsp3) is 0. The normalized spacial score (nSPS) is 10.4. The molecule has 0 aliphatic heterocycles. The van der Waals surface area contributed by atoms with Crippen molar-refractivity contribution >= 4 is 32.6 Å². The third kappa shape index (κ3) is 1.66. The molecular weight excluding hydrogens is 279 g/mol. The topological polar surface area (TPSA) is 62.2 Å². The van der Waals surface area contributed by atoms with Crippen LogP contribution >= 0.6 is 15.9 Å². The van der Waals surface area contributed by atoms with E-state index in [2.05, 4.69) is 20.9 Å². The summed E-state index contributed by atoms with van der Waals surface area (Å²) in [5, 5.41) is 9.14. The third-order valence-electron chi connectivity index (χ3n) is 2.13. The van der Waals surface area contributed by atoms with Crippen LogP contribution in [0.2, 0.25) is 0 Å². The molecule has 2 N–H and O–H groups in total. The maximum Gasteiger partial charge on any atom is 0.293 e. The van der Waals surface area contributed by atoms with Gasteiger partial charge in [0.05, 0.1) is 0 Å². The highest BCUT2D eigenvalue weighted by Crippen LogP contribution is 2.27. The Morgan fingerprint density at radius 2 is 2.25 bits per heavy atom. The number of rotatable bonds is 1. The quantitative estimate of drug-likeness (QED) is 0.624. The fourth-order valence-electron chi connectivity index (χ4n) is 1.45. The SMILES string of the molecule is O=C(NO)c1ncc(Br)c2c(F)cccc12. The molecule has 2 rings (SSSR count). The minimum atomic E-state index is -0.775. The van der Waals surface area contributed by atoms with Gasteiger partial charge in [0.15, 0.2) is 0 Å². The number of nitrogens with zero attached hydrogens (tertiary/aromatic N) is 1. The number of benzene rings is 1. The van der Waals surface area contributed by atoms with E-state index in [1.54, 1.807) is 6.07 Å². The average molecular weight is 285 g/mol. The number of hydrogen-bond donors (Lipinski definition) is 2. The smallest absolute Gasteiger partial charge is 0.288 e. The van der Waals surface area contributed by atoms with Gasteiger partial charge in [0.1, 0.15) is 11.5 Å². The summed E-state index contributed by atoms with van der Waals surface area (Å²) in [6.45, 7) is 0. The van der Waals surface area contributed by atoms with Gasteiger partial charge in [-0.05, 0) is 22.0 Å². The van der Waals surface area contributed by atoms with Crippen molar-refractivity contribution in [2.75, 3.05) is 0 Å². The number of hydrogen-bond acceptors (Lipinski definition) is 3. The number of hydroxylamine groups is 1. The highest BCUT2D eigenvalue weighted by atomic mass is 79.9. The van der Waals surface area contributed by atoms with E-state index >= 15 is 0 Å². The summed E-state index contributed by atoms with van der Waals surface area (Å²) in [7, 11) is 0. The van der Waals surface area contributed by atoms with Gasteiger partial charge in [-0.25, -0.2) is 14.9 Å². The fourth-order valence-corrected chi connectivity index (χ4v) is 1.96. The lowest BCUT2D eigenvalue weighted by molar-refractivity contribution is 0.0703. The van der Waals surface area contributed by atoms with Crippen LogP contribution in [-0.4, -0.2) is 16.1 Å². The van der Waals surface area contributed by atoms with Crippen molar-refractivity contribution in [2.45, 2.75) is 0 Å². The average Bonchev–Trinajstić information content (AvgIpc) is 2.28. The second kappa shape index (κ2) is 4.15. The molecule has 1 aromatic carbocycles. The van der Waals surface area contributed by atoms with Gasteiger partial charge in [-0.2, -0.15) is 0 Å². The van der Waals surface area contributed by atoms with Gasteiger partial charge in [-0.15, -0.1) is 0 Å². The first kappa shape index (κ1) is 11.0. The predicted molar refractivity (Wildman–Crippen MR) is 58.7 cm³/mol. The minimum absolute atomic E-state index is 0.0276. The van der Waals surface area contributed by atoms with E-state index in [4.69, 9.17) is 5.21 Å². The van der Waals surface area contributed by atoms with E-state index < -0.39 is 11.7 Å². The molecule has 1 amide bonds. The summed E-state index contributed by atoms with van der Waals surface area (Å²) in [5.74, 6) is -1.23. The summed E-state index contributed by atoms with van der Waals surface area (Å²) >= 11 is 3.16. The molecule has 0 bridgehead atoms. The Morgan fingerprint density at radius 1 is 1.50 bits per heavy atom. The second-order valence-electron chi connectivity index (χ2n) is 3.06. The largest absolute Gasteiger partial charge is 0.293 e. The standard InChI is InChI=1S/C10H6BrFN2O2/c11-6-4-13-9(10(15)14-16)5-2-1-3-7(12)8(5)6/h1-4,16H,(H,14,15).